The number of hydrogen-bond donors (Lipinski definition) is 1. The minimum Gasteiger partial charge on any atom is -0.496 e. The number of nitrogens with two attached hydrogens (primary N) is 1. The van der Waals surface area contributed by atoms with Crippen molar-refractivity contribution in [2.75, 3.05) is 13.7 Å². The fourth-order valence-electron chi connectivity index (χ4n) is 2.82. The highest BCUT2D eigenvalue weighted by molar-refractivity contribution is 5.95. The van der Waals surface area contributed by atoms with Crippen LogP contribution >= 0.6 is 0 Å². The number of carbonyl (C=O) groups excluding carboxylic acids is 1. The molecule has 1 atom stereocenters. The van der Waals surface area contributed by atoms with Crippen molar-refractivity contribution in [2.45, 2.75) is 38.8 Å². The lowest BCUT2D eigenvalue weighted by atomic mass is 9.99. The van der Waals surface area contributed by atoms with Crippen molar-refractivity contribution in [3.05, 3.63) is 29.3 Å². The van der Waals surface area contributed by atoms with E-state index in [1.807, 2.05) is 30.0 Å². The van der Waals surface area contributed by atoms with Gasteiger partial charge in [0.15, 0.2) is 0 Å². The molecule has 0 saturated carbocycles. The van der Waals surface area contributed by atoms with E-state index in [2.05, 4.69) is 13.8 Å². The van der Waals surface area contributed by atoms with Gasteiger partial charge in [-0.25, -0.2) is 0 Å². The molecule has 1 amide bonds. The van der Waals surface area contributed by atoms with E-state index in [9.17, 15) is 4.79 Å². The zero-order valence-corrected chi connectivity index (χ0v) is 12.1. The van der Waals surface area contributed by atoms with Crippen molar-refractivity contribution in [1.82, 2.24) is 4.90 Å². The molecule has 0 radical (unpaired) electrons. The highest BCUT2D eigenvalue weighted by Crippen LogP contribution is 2.30. The Labute approximate surface area is 114 Å². The second-order valence-corrected chi connectivity index (χ2v) is 5.88. The summed E-state index contributed by atoms with van der Waals surface area (Å²) in [5, 5.41) is 0. The van der Waals surface area contributed by atoms with Crippen LogP contribution in [0, 0.1) is 6.92 Å². The number of likely N-dealkylation sites (tertiary alicyclic amines) is 1. The van der Waals surface area contributed by atoms with Crippen molar-refractivity contribution >= 4 is 5.91 Å². The Kier molecular flexibility index (Phi) is 3.54. The van der Waals surface area contributed by atoms with Gasteiger partial charge in [-0.3, -0.25) is 4.79 Å². The Hall–Kier alpha value is -1.55. The summed E-state index contributed by atoms with van der Waals surface area (Å²) in [5.41, 5.74) is 7.46. The molecule has 4 heteroatoms. The molecule has 1 aromatic rings. The summed E-state index contributed by atoms with van der Waals surface area (Å²) >= 11 is 0. The lowest BCUT2D eigenvalue weighted by molar-refractivity contribution is 0.0651. The monoisotopic (exact) mass is 262 g/mol. The number of carbonyl (C=O) groups is 1. The van der Waals surface area contributed by atoms with Crippen LogP contribution in [0.2, 0.25) is 0 Å². The maximum Gasteiger partial charge on any atom is 0.254 e. The zero-order chi connectivity index (χ0) is 14.2. The van der Waals surface area contributed by atoms with E-state index in [0.29, 0.717) is 12.1 Å². The van der Waals surface area contributed by atoms with Gasteiger partial charge < -0.3 is 15.4 Å². The van der Waals surface area contributed by atoms with Crippen molar-refractivity contribution in [3.63, 3.8) is 0 Å². The molecule has 1 unspecified atom stereocenters. The largest absolute Gasteiger partial charge is 0.496 e. The van der Waals surface area contributed by atoms with E-state index in [1.165, 1.54) is 0 Å². The molecule has 2 N–H and O–H groups in total. The Balaban J connectivity index is 2.27. The SMILES string of the molecule is COc1ccc(C(=O)N2CC(N)CC2(C)C)cc1C. The molecule has 1 aromatic carbocycles. The summed E-state index contributed by atoms with van der Waals surface area (Å²) < 4.78 is 5.22. The molecular weight excluding hydrogens is 240 g/mol. The van der Waals surface area contributed by atoms with Crippen LogP contribution in [0.25, 0.3) is 0 Å². The topological polar surface area (TPSA) is 55.6 Å². The number of methoxy groups -OCH3 is 1. The first kappa shape index (κ1) is 13.9. The minimum atomic E-state index is -0.176. The summed E-state index contributed by atoms with van der Waals surface area (Å²) in [7, 11) is 1.63. The third kappa shape index (κ3) is 2.59. The van der Waals surface area contributed by atoms with E-state index >= 15 is 0 Å². The highest BCUT2D eigenvalue weighted by Gasteiger charge is 2.39. The van der Waals surface area contributed by atoms with Crippen LogP contribution in [0.1, 0.15) is 36.2 Å². The maximum absolute atomic E-state index is 12.6. The molecule has 1 aliphatic heterocycles. The maximum atomic E-state index is 12.6. The van der Waals surface area contributed by atoms with Crippen LogP contribution in [0.5, 0.6) is 5.75 Å². The quantitative estimate of drug-likeness (QED) is 0.886. The molecule has 0 spiro atoms. The van der Waals surface area contributed by atoms with E-state index in [4.69, 9.17) is 10.5 Å². The predicted octanol–water partition coefficient (Wildman–Crippen LogP) is 1.96. The van der Waals surface area contributed by atoms with Gasteiger partial charge in [-0.2, -0.15) is 0 Å². The summed E-state index contributed by atoms with van der Waals surface area (Å²) in [5.74, 6) is 0.845. The summed E-state index contributed by atoms with van der Waals surface area (Å²) in [6, 6.07) is 5.60. The highest BCUT2D eigenvalue weighted by atomic mass is 16.5. The van der Waals surface area contributed by atoms with E-state index < -0.39 is 0 Å². The summed E-state index contributed by atoms with van der Waals surface area (Å²) in [6.07, 6.45) is 0.841. The predicted molar refractivity (Wildman–Crippen MR) is 75.4 cm³/mol. The molecule has 1 heterocycles. The number of ether oxygens (including phenoxy) is 1. The van der Waals surface area contributed by atoms with Gasteiger partial charge in [-0.05, 0) is 51.0 Å². The Bertz CT molecular complexity index is 497. The first-order valence-electron chi connectivity index (χ1n) is 6.57. The lowest BCUT2D eigenvalue weighted by Crippen LogP contribution is -2.42. The fourth-order valence-corrected chi connectivity index (χ4v) is 2.82. The van der Waals surface area contributed by atoms with Crippen molar-refractivity contribution in [1.29, 1.82) is 0 Å². The number of benzene rings is 1. The van der Waals surface area contributed by atoms with Crippen LogP contribution in [0.15, 0.2) is 18.2 Å². The molecular formula is C15H22N2O2. The third-order valence-corrected chi connectivity index (χ3v) is 3.80. The Morgan fingerprint density at radius 1 is 1.47 bits per heavy atom. The van der Waals surface area contributed by atoms with Crippen LogP contribution in [-0.2, 0) is 0 Å². The molecule has 104 valence electrons. The second kappa shape index (κ2) is 4.85. The van der Waals surface area contributed by atoms with Gasteiger partial charge in [-0.1, -0.05) is 0 Å². The third-order valence-electron chi connectivity index (χ3n) is 3.80. The first-order chi connectivity index (χ1) is 8.85. The van der Waals surface area contributed by atoms with E-state index in [-0.39, 0.29) is 17.5 Å². The van der Waals surface area contributed by atoms with Gasteiger partial charge in [0.1, 0.15) is 5.75 Å². The van der Waals surface area contributed by atoms with Gasteiger partial charge in [0.2, 0.25) is 0 Å². The number of nitrogens with zero attached hydrogens (tertiary/aromatic N) is 1. The van der Waals surface area contributed by atoms with Crippen LogP contribution in [0.4, 0.5) is 0 Å². The van der Waals surface area contributed by atoms with Crippen molar-refractivity contribution in [2.24, 2.45) is 5.73 Å². The van der Waals surface area contributed by atoms with Gasteiger partial charge >= 0.3 is 0 Å². The molecule has 0 bridgehead atoms. The van der Waals surface area contributed by atoms with E-state index in [0.717, 1.165) is 17.7 Å². The molecule has 1 saturated heterocycles. The standard InChI is InChI=1S/C15H22N2O2/c1-10-7-11(5-6-13(10)19-4)14(18)17-9-12(16)8-15(17,2)3/h5-7,12H,8-9,16H2,1-4H3. The van der Waals surface area contributed by atoms with Crippen molar-refractivity contribution < 1.29 is 9.53 Å². The molecule has 1 fully saturated rings. The zero-order valence-electron chi connectivity index (χ0n) is 12.1. The molecule has 0 aromatic heterocycles. The number of hydrogen-bond acceptors (Lipinski definition) is 3. The van der Waals surface area contributed by atoms with Crippen LogP contribution in [0.3, 0.4) is 0 Å². The lowest BCUT2D eigenvalue weighted by Gasteiger charge is -2.31. The Morgan fingerprint density at radius 2 is 2.16 bits per heavy atom. The number of aryl methyl sites for hydroxylation is 1. The Morgan fingerprint density at radius 3 is 2.63 bits per heavy atom. The van der Waals surface area contributed by atoms with Gasteiger partial charge in [-0.15, -0.1) is 0 Å². The smallest absolute Gasteiger partial charge is 0.254 e. The van der Waals surface area contributed by atoms with Crippen LogP contribution < -0.4 is 10.5 Å². The van der Waals surface area contributed by atoms with E-state index in [1.54, 1.807) is 7.11 Å². The molecule has 1 aliphatic rings. The summed E-state index contributed by atoms with van der Waals surface area (Å²) in [6.45, 7) is 6.69. The molecule has 0 aliphatic carbocycles. The first-order valence-corrected chi connectivity index (χ1v) is 6.57. The van der Waals surface area contributed by atoms with Crippen LogP contribution in [-0.4, -0.2) is 36.0 Å². The molecule has 2 rings (SSSR count). The average molecular weight is 262 g/mol. The number of amides is 1. The van der Waals surface area contributed by atoms with Gasteiger partial charge in [0.25, 0.3) is 5.91 Å². The average Bonchev–Trinajstić information content (AvgIpc) is 2.61. The van der Waals surface area contributed by atoms with Gasteiger partial charge in [0.05, 0.1) is 7.11 Å². The van der Waals surface area contributed by atoms with Crippen molar-refractivity contribution in [3.8, 4) is 5.75 Å². The van der Waals surface area contributed by atoms with Gasteiger partial charge in [0, 0.05) is 23.7 Å². The minimum absolute atomic E-state index is 0.0451. The molecule has 19 heavy (non-hydrogen) atoms. The fraction of sp³-hybridized carbons (Fsp3) is 0.533. The summed E-state index contributed by atoms with van der Waals surface area (Å²) in [4.78, 5) is 14.5. The molecule has 4 nitrogen and oxygen atoms in total. The second-order valence-electron chi connectivity index (χ2n) is 5.88. The number of rotatable bonds is 2. The normalized spacial score (nSPS) is 21.5.